The molecule has 0 aliphatic carbocycles. The standard InChI is InChI=1S/C14H15ClF3NO2S/c1-7(14(16,17)18)22(20)11-8(15)5-6-9-10(11)21-12(19-9)13(2,3)4/h5-7H,1-4H3. The molecule has 2 unspecified atom stereocenters. The van der Waals surface area contributed by atoms with Crippen molar-refractivity contribution in [3.63, 3.8) is 0 Å². The number of rotatable bonds is 2. The molecular formula is C14H15ClF3NO2S. The molecule has 122 valence electrons. The molecule has 3 nitrogen and oxygen atoms in total. The second-order valence-electron chi connectivity index (χ2n) is 5.98. The summed E-state index contributed by atoms with van der Waals surface area (Å²) >= 11 is 5.97. The highest BCUT2D eigenvalue weighted by atomic mass is 35.5. The number of hydrogen-bond donors (Lipinski definition) is 0. The largest absolute Gasteiger partial charge is 0.439 e. The zero-order chi connectivity index (χ0) is 16.9. The van der Waals surface area contributed by atoms with Crippen LogP contribution in [0.15, 0.2) is 21.4 Å². The number of nitrogens with zero attached hydrogens (tertiary/aromatic N) is 1. The predicted octanol–water partition coefficient (Wildman–Crippen LogP) is 4.84. The van der Waals surface area contributed by atoms with Crippen LogP contribution in [0.5, 0.6) is 0 Å². The van der Waals surface area contributed by atoms with Gasteiger partial charge < -0.3 is 4.42 Å². The van der Waals surface area contributed by atoms with E-state index in [0.717, 1.165) is 6.92 Å². The van der Waals surface area contributed by atoms with Crippen LogP contribution in [0.25, 0.3) is 11.1 Å². The van der Waals surface area contributed by atoms with Crippen LogP contribution in [0.3, 0.4) is 0 Å². The van der Waals surface area contributed by atoms with Gasteiger partial charge in [-0.3, -0.25) is 4.21 Å². The number of halogens is 4. The van der Waals surface area contributed by atoms with E-state index in [4.69, 9.17) is 16.0 Å². The quantitative estimate of drug-likeness (QED) is 0.776. The Morgan fingerprint density at radius 2 is 1.86 bits per heavy atom. The van der Waals surface area contributed by atoms with E-state index in [1.807, 2.05) is 20.8 Å². The van der Waals surface area contributed by atoms with E-state index in [1.165, 1.54) is 12.1 Å². The molecule has 0 radical (unpaired) electrons. The van der Waals surface area contributed by atoms with Crippen LogP contribution in [0.1, 0.15) is 33.6 Å². The van der Waals surface area contributed by atoms with Crippen molar-refractivity contribution in [2.75, 3.05) is 0 Å². The van der Waals surface area contributed by atoms with Gasteiger partial charge in [-0.25, -0.2) is 4.98 Å². The van der Waals surface area contributed by atoms with Crippen molar-refractivity contribution < 1.29 is 21.8 Å². The average molecular weight is 354 g/mol. The van der Waals surface area contributed by atoms with Gasteiger partial charge in [-0.05, 0) is 19.1 Å². The van der Waals surface area contributed by atoms with E-state index >= 15 is 0 Å². The number of hydrogen-bond acceptors (Lipinski definition) is 3. The zero-order valence-corrected chi connectivity index (χ0v) is 14.0. The van der Waals surface area contributed by atoms with Crippen molar-refractivity contribution >= 4 is 33.5 Å². The highest BCUT2D eigenvalue weighted by Gasteiger charge is 2.42. The summed E-state index contributed by atoms with van der Waals surface area (Å²) in [4.78, 5) is 4.09. The third-order valence-corrected chi connectivity index (χ3v) is 5.23. The van der Waals surface area contributed by atoms with Gasteiger partial charge in [-0.1, -0.05) is 32.4 Å². The summed E-state index contributed by atoms with van der Waals surface area (Å²) in [6, 6.07) is 2.92. The van der Waals surface area contributed by atoms with Crippen LogP contribution in [0.2, 0.25) is 5.02 Å². The molecule has 1 aromatic carbocycles. The maximum atomic E-state index is 12.8. The Morgan fingerprint density at radius 1 is 1.27 bits per heavy atom. The Hall–Kier alpha value is -1.08. The minimum absolute atomic E-state index is 0.0291. The van der Waals surface area contributed by atoms with E-state index in [0.29, 0.717) is 11.4 Å². The van der Waals surface area contributed by atoms with Crippen LogP contribution in [0.4, 0.5) is 13.2 Å². The number of fused-ring (bicyclic) bond motifs is 1. The fourth-order valence-electron chi connectivity index (χ4n) is 1.75. The normalized spacial score (nSPS) is 16.0. The van der Waals surface area contributed by atoms with Crippen LogP contribution in [0, 0.1) is 0 Å². The van der Waals surface area contributed by atoms with Gasteiger partial charge in [-0.2, -0.15) is 13.2 Å². The molecule has 0 saturated heterocycles. The van der Waals surface area contributed by atoms with Gasteiger partial charge in [0.25, 0.3) is 0 Å². The molecule has 0 bridgehead atoms. The summed E-state index contributed by atoms with van der Waals surface area (Å²) in [5.41, 5.74) is -0.0428. The molecule has 2 atom stereocenters. The van der Waals surface area contributed by atoms with Crippen LogP contribution in [-0.4, -0.2) is 20.6 Å². The van der Waals surface area contributed by atoms with Gasteiger partial charge in [0.1, 0.15) is 15.7 Å². The van der Waals surface area contributed by atoms with Crippen molar-refractivity contribution in [1.82, 2.24) is 4.98 Å². The molecule has 1 heterocycles. The van der Waals surface area contributed by atoms with Crippen molar-refractivity contribution in [1.29, 1.82) is 0 Å². The topological polar surface area (TPSA) is 43.1 Å². The van der Waals surface area contributed by atoms with Gasteiger partial charge in [0.05, 0.1) is 15.8 Å². The summed E-state index contributed by atoms with van der Waals surface area (Å²) in [5, 5.41) is -2.09. The molecule has 0 fully saturated rings. The molecule has 8 heteroatoms. The van der Waals surface area contributed by atoms with Gasteiger partial charge in [0.2, 0.25) is 5.89 Å². The number of benzene rings is 1. The highest BCUT2D eigenvalue weighted by molar-refractivity contribution is 7.86. The maximum absolute atomic E-state index is 12.8. The molecule has 22 heavy (non-hydrogen) atoms. The number of oxazole rings is 1. The zero-order valence-electron chi connectivity index (χ0n) is 12.4. The molecule has 2 rings (SSSR count). The average Bonchev–Trinajstić information content (AvgIpc) is 2.79. The fraction of sp³-hybridized carbons (Fsp3) is 0.500. The van der Waals surface area contributed by atoms with Gasteiger partial charge in [0.15, 0.2) is 5.58 Å². The minimum atomic E-state index is -4.59. The molecular weight excluding hydrogens is 339 g/mol. The summed E-state index contributed by atoms with van der Waals surface area (Å²) in [7, 11) is -2.39. The van der Waals surface area contributed by atoms with Gasteiger partial charge in [-0.15, -0.1) is 0 Å². The SMILES string of the molecule is CC(S(=O)c1c(Cl)ccc2nc(C(C)(C)C)oc12)C(F)(F)F. The first-order valence-electron chi connectivity index (χ1n) is 6.49. The van der Waals surface area contributed by atoms with Crippen LogP contribution in [-0.2, 0) is 16.2 Å². The number of aromatic nitrogens is 1. The van der Waals surface area contributed by atoms with Crippen molar-refractivity contribution in [3.8, 4) is 0 Å². The molecule has 0 spiro atoms. The van der Waals surface area contributed by atoms with E-state index in [9.17, 15) is 17.4 Å². The molecule has 1 aromatic heterocycles. The molecule has 0 N–H and O–H groups in total. The van der Waals surface area contributed by atoms with E-state index in [2.05, 4.69) is 4.98 Å². The Labute approximate surface area is 133 Å². The van der Waals surface area contributed by atoms with Crippen LogP contribution < -0.4 is 0 Å². The van der Waals surface area contributed by atoms with Crippen LogP contribution >= 0.6 is 11.6 Å². The summed E-state index contributed by atoms with van der Waals surface area (Å²) < 4.78 is 56.4. The fourth-order valence-corrected chi connectivity index (χ4v) is 3.31. The second kappa shape index (κ2) is 5.53. The predicted molar refractivity (Wildman–Crippen MR) is 79.6 cm³/mol. The second-order valence-corrected chi connectivity index (χ2v) is 8.09. The highest BCUT2D eigenvalue weighted by Crippen LogP contribution is 2.36. The lowest BCUT2D eigenvalue weighted by molar-refractivity contribution is -0.126. The Morgan fingerprint density at radius 3 is 2.36 bits per heavy atom. The number of alkyl halides is 3. The third-order valence-electron chi connectivity index (χ3n) is 3.09. The summed E-state index contributed by atoms with van der Waals surface area (Å²) in [6.07, 6.45) is -4.59. The van der Waals surface area contributed by atoms with Gasteiger partial charge in [0, 0.05) is 5.41 Å². The Balaban J connectivity index is 2.65. The molecule has 0 aliphatic rings. The van der Waals surface area contributed by atoms with Gasteiger partial charge >= 0.3 is 6.18 Å². The Bertz CT molecular complexity index is 734. The first kappa shape index (κ1) is 17.3. The first-order chi connectivity index (χ1) is 9.93. The molecule has 2 aromatic rings. The smallest absolute Gasteiger partial charge is 0.403 e. The lowest BCUT2D eigenvalue weighted by Gasteiger charge is -2.16. The monoisotopic (exact) mass is 353 g/mol. The molecule has 0 saturated carbocycles. The lowest BCUT2D eigenvalue weighted by atomic mass is 9.97. The van der Waals surface area contributed by atoms with E-state index in [1.54, 1.807) is 0 Å². The summed E-state index contributed by atoms with van der Waals surface area (Å²) in [6.45, 7) is 6.42. The third kappa shape index (κ3) is 3.15. The maximum Gasteiger partial charge on any atom is 0.403 e. The van der Waals surface area contributed by atoms with Crippen molar-refractivity contribution in [2.45, 2.75) is 49.4 Å². The Kier molecular flexibility index (Phi) is 4.34. The van der Waals surface area contributed by atoms with E-state index in [-0.39, 0.29) is 15.5 Å². The first-order valence-corrected chi connectivity index (χ1v) is 8.09. The minimum Gasteiger partial charge on any atom is -0.439 e. The van der Waals surface area contributed by atoms with Crippen molar-refractivity contribution in [2.24, 2.45) is 0 Å². The molecule has 0 aliphatic heterocycles. The van der Waals surface area contributed by atoms with E-state index < -0.39 is 27.6 Å². The van der Waals surface area contributed by atoms with Crippen molar-refractivity contribution in [3.05, 3.63) is 23.0 Å². The summed E-state index contributed by atoms with van der Waals surface area (Å²) in [5.74, 6) is 0.350. The lowest BCUT2D eigenvalue weighted by Crippen LogP contribution is -2.30. The molecule has 0 amide bonds.